The number of hydrogen-bond acceptors (Lipinski definition) is 4. The zero-order valence-electron chi connectivity index (χ0n) is 13.5. The van der Waals surface area contributed by atoms with Gasteiger partial charge in [-0.25, -0.2) is 0 Å². The number of carbonyl (C=O) groups is 1. The predicted octanol–water partition coefficient (Wildman–Crippen LogP) is 2.03. The molecule has 0 saturated carbocycles. The second-order valence-corrected chi connectivity index (χ2v) is 6.94. The zero-order chi connectivity index (χ0) is 15.6. The van der Waals surface area contributed by atoms with E-state index in [2.05, 4.69) is 10.2 Å². The van der Waals surface area contributed by atoms with Crippen molar-refractivity contribution in [2.45, 2.75) is 39.3 Å². The number of nitrogens with zero attached hydrogens (tertiary/aromatic N) is 1. The molecular weight excluding hydrogens is 280 g/mol. The van der Waals surface area contributed by atoms with Crippen molar-refractivity contribution in [1.29, 1.82) is 0 Å². The molecule has 5 heteroatoms. The molecule has 1 aromatic rings. The molecule has 3 heterocycles. The van der Waals surface area contributed by atoms with Crippen LogP contribution in [0.25, 0.3) is 0 Å². The summed E-state index contributed by atoms with van der Waals surface area (Å²) >= 11 is 0. The van der Waals surface area contributed by atoms with Gasteiger partial charge in [0.05, 0.1) is 18.7 Å². The number of carbonyl (C=O) groups excluding carboxylic acids is 1. The molecule has 0 aliphatic carbocycles. The van der Waals surface area contributed by atoms with Gasteiger partial charge in [-0.3, -0.25) is 9.69 Å². The third-order valence-corrected chi connectivity index (χ3v) is 4.91. The second kappa shape index (κ2) is 6.42. The molecule has 122 valence electrons. The lowest BCUT2D eigenvalue weighted by Gasteiger charge is -2.37. The van der Waals surface area contributed by atoms with Gasteiger partial charge in [0, 0.05) is 37.8 Å². The highest BCUT2D eigenvalue weighted by Crippen LogP contribution is 2.44. The SMILES string of the molecule is CC(C)NC(=O)[C@H]1CN(Cc2ccco2)CC12CCOCC2. The maximum atomic E-state index is 12.7. The minimum absolute atomic E-state index is 0.0498. The molecular formula is C17H26N2O3. The van der Waals surface area contributed by atoms with E-state index in [9.17, 15) is 4.79 Å². The summed E-state index contributed by atoms with van der Waals surface area (Å²) in [6.07, 6.45) is 3.65. The van der Waals surface area contributed by atoms with Crippen LogP contribution in [0.5, 0.6) is 0 Å². The molecule has 1 spiro atoms. The number of ether oxygens (including phenoxy) is 1. The van der Waals surface area contributed by atoms with Crippen LogP contribution in [0.1, 0.15) is 32.4 Å². The molecule has 1 amide bonds. The molecule has 0 aromatic carbocycles. The first-order valence-electron chi connectivity index (χ1n) is 8.22. The smallest absolute Gasteiger partial charge is 0.225 e. The van der Waals surface area contributed by atoms with Gasteiger partial charge in [-0.15, -0.1) is 0 Å². The number of amides is 1. The summed E-state index contributed by atoms with van der Waals surface area (Å²) in [5.41, 5.74) is 0.0593. The van der Waals surface area contributed by atoms with Crippen molar-refractivity contribution < 1.29 is 13.9 Å². The van der Waals surface area contributed by atoms with Crippen LogP contribution in [0, 0.1) is 11.3 Å². The van der Waals surface area contributed by atoms with Crippen molar-refractivity contribution in [2.24, 2.45) is 11.3 Å². The molecule has 3 rings (SSSR count). The molecule has 0 bridgehead atoms. The Labute approximate surface area is 132 Å². The summed E-state index contributed by atoms with van der Waals surface area (Å²) in [7, 11) is 0. The fourth-order valence-corrected chi connectivity index (χ4v) is 3.85. The van der Waals surface area contributed by atoms with Crippen molar-refractivity contribution in [3.05, 3.63) is 24.2 Å². The van der Waals surface area contributed by atoms with E-state index in [1.54, 1.807) is 6.26 Å². The third-order valence-electron chi connectivity index (χ3n) is 4.91. The fourth-order valence-electron chi connectivity index (χ4n) is 3.85. The average Bonchev–Trinajstić information content (AvgIpc) is 3.08. The molecule has 22 heavy (non-hydrogen) atoms. The second-order valence-electron chi connectivity index (χ2n) is 6.94. The Balaban J connectivity index is 1.74. The summed E-state index contributed by atoms with van der Waals surface area (Å²) in [5.74, 6) is 1.21. The molecule has 2 aliphatic rings. The summed E-state index contributed by atoms with van der Waals surface area (Å²) < 4.78 is 11.0. The Kier molecular flexibility index (Phi) is 4.54. The number of hydrogen-bond donors (Lipinski definition) is 1. The van der Waals surface area contributed by atoms with Crippen molar-refractivity contribution in [3.63, 3.8) is 0 Å². The first-order valence-corrected chi connectivity index (χ1v) is 8.22. The van der Waals surface area contributed by atoms with Crippen LogP contribution in [0.15, 0.2) is 22.8 Å². The molecule has 5 nitrogen and oxygen atoms in total. The Morgan fingerprint density at radius 3 is 2.86 bits per heavy atom. The molecule has 0 unspecified atom stereocenters. The lowest BCUT2D eigenvalue weighted by molar-refractivity contribution is -0.130. The molecule has 0 radical (unpaired) electrons. The molecule has 2 saturated heterocycles. The minimum Gasteiger partial charge on any atom is -0.468 e. The summed E-state index contributed by atoms with van der Waals surface area (Å²) in [4.78, 5) is 15.0. The Morgan fingerprint density at radius 2 is 2.23 bits per heavy atom. The Hall–Kier alpha value is -1.33. The number of furan rings is 1. The maximum absolute atomic E-state index is 12.7. The molecule has 2 aliphatic heterocycles. The van der Waals surface area contributed by atoms with E-state index in [0.717, 1.165) is 51.4 Å². The predicted molar refractivity (Wildman–Crippen MR) is 83.2 cm³/mol. The van der Waals surface area contributed by atoms with Crippen molar-refractivity contribution in [2.75, 3.05) is 26.3 Å². The topological polar surface area (TPSA) is 54.7 Å². The Bertz CT molecular complexity index is 492. The monoisotopic (exact) mass is 306 g/mol. The first kappa shape index (κ1) is 15.6. The lowest BCUT2D eigenvalue weighted by atomic mass is 9.71. The van der Waals surface area contributed by atoms with Gasteiger partial charge >= 0.3 is 0 Å². The highest BCUT2D eigenvalue weighted by molar-refractivity contribution is 5.80. The van der Waals surface area contributed by atoms with Crippen LogP contribution in [-0.2, 0) is 16.1 Å². The molecule has 1 N–H and O–H groups in total. The van der Waals surface area contributed by atoms with Gasteiger partial charge in [0.2, 0.25) is 5.91 Å². The molecule has 2 fully saturated rings. The summed E-state index contributed by atoms with van der Waals surface area (Å²) in [6, 6.07) is 4.10. The maximum Gasteiger partial charge on any atom is 0.225 e. The van der Waals surface area contributed by atoms with Crippen LogP contribution >= 0.6 is 0 Å². The van der Waals surface area contributed by atoms with Crippen LogP contribution < -0.4 is 5.32 Å². The van der Waals surface area contributed by atoms with Gasteiger partial charge in [0.25, 0.3) is 0 Å². The normalized spacial score (nSPS) is 25.0. The van der Waals surface area contributed by atoms with Crippen molar-refractivity contribution in [1.82, 2.24) is 10.2 Å². The number of likely N-dealkylation sites (tertiary alicyclic amines) is 1. The van der Waals surface area contributed by atoms with E-state index in [-0.39, 0.29) is 23.3 Å². The standard InChI is InChI=1S/C17H26N2O3/c1-13(2)18-16(20)15-11-19(10-14-4-3-7-22-14)12-17(15)5-8-21-9-6-17/h3-4,7,13,15H,5-6,8-12H2,1-2H3,(H,18,20)/t15-/m1/s1. The minimum atomic E-state index is 0.0498. The van der Waals surface area contributed by atoms with E-state index in [0.29, 0.717) is 0 Å². The van der Waals surface area contributed by atoms with E-state index < -0.39 is 0 Å². The number of rotatable bonds is 4. The van der Waals surface area contributed by atoms with Gasteiger partial charge in [-0.05, 0) is 38.8 Å². The van der Waals surface area contributed by atoms with Crippen LogP contribution in [0.4, 0.5) is 0 Å². The van der Waals surface area contributed by atoms with Crippen molar-refractivity contribution >= 4 is 5.91 Å². The first-order chi connectivity index (χ1) is 10.6. The van der Waals surface area contributed by atoms with Gasteiger partial charge in [-0.2, -0.15) is 0 Å². The summed E-state index contributed by atoms with van der Waals surface area (Å²) in [6.45, 7) is 8.10. The van der Waals surface area contributed by atoms with E-state index in [1.807, 2.05) is 26.0 Å². The Morgan fingerprint density at radius 1 is 1.45 bits per heavy atom. The van der Waals surface area contributed by atoms with Gasteiger partial charge in [0.1, 0.15) is 5.76 Å². The van der Waals surface area contributed by atoms with Crippen LogP contribution in [0.2, 0.25) is 0 Å². The van der Waals surface area contributed by atoms with Gasteiger partial charge in [-0.1, -0.05) is 0 Å². The fraction of sp³-hybridized carbons (Fsp3) is 0.706. The van der Waals surface area contributed by atoms with Gasteiger partial charge in [0.15, 0.2) is 0 Å². The largest absolute Gasteiger partial charge is 0.468 e. The average molecular weight is 306 g/mol. The molecule has 1 aromatic heterocycles. The van der Waals surface area contributed by atoms with Crippen LogP contribution in [0.3, 0.4) is 0 Å². The third kappa shape index (κ3) is 3.20. The van der Waals surface area contributed by atoms with E-state index in [4.69, 9.17) is 9.15 Å². The zero-order valence-corrected chi connectivity index (χ0v) is 13.5. The number of nitrogens with one attached hydrogen (secondary N) is 1. The van der Waals surface area contributed by atoms with E-state index in [1.165, 1.54) is 0 Å². The molecule has 1 atom stereocenters. The summed E-state index contributed by atoms with van der Waals surface area (Å²) in [5, 5.41) is 3.11. The van der Waals surface area contributed by atoms with E-state index >= 15 is 0 Å². The quantitative estimate of drug-likeness (QED) is 0.925. The van der Waals surface area contributed by atoms with Gasteiger partial charge < -0.3 is 14.5 Å². The highest BCUT2D eigenvalue weighted by atomic mass is 16.5. The van der Waals surface area contributed by atoms with Crippen molar-refractivity contribution in [3.8, 4) is 0 Å². The lowest BCUT2D eigenvalue weighted by Crippen LogP contribution is -2.46. The highest BCUT2D eigenvalue weighted by Gasteiger charge is 2.50. The van der Waals surface area contributed by atoms with Crippen LogP contribution in [-0.4, -0.2) is 43.2 Å².